The molecule has 1 aromatic heterocycles. The van der Waals surface area contributed by atoms with Crippen LogP contribution in [-0.4, -0.2) is 49.0 Å². The molecule has 2 fully saturated rings. The Morgan fingerprint density at radius 1 is 0.967 bits per heavy atom. The minimum absolute atomic E-state index is 0.286. The SMILES string of the molecule is COc1nccc2cc(-c3ccc(OC4CCN([C@H]5CCCO5)CC4)cc3)ccc12. The third kappa shape index (κ3) is 4.00. The first-order chi connectivity index (χ1) is 14.8. The Balaban J connectivity index is 1.23. The second-order valence-corrected chi connectivity index (χ2v) is 8.10. The lowest BCUT2D eigenvalue weighted by Gasteiger charge is -2.35. The zero-order valence-corrected chi connectivity index (χ0v) is 17.4. The van der Waals surface area contributed by atoms with Crippen molar-refractivity contribution >= 4 is 10.8 Å². The molecule has 0 aliphatic carbocycles. The molecule has 156 valence electrons. The topological polar surface area (TPSA) is 43.8 Å². The number of likely N-dealkylation sites (tertiary alicyclic amines) is 1. The van der Waals surface area contributed by atoms with Crippen molar-refractivity contribution in [2.45, 2.75) is 38.0 Å². The summed E-state index contributed by atoms with van der Waals surface area (Å²) in [7, 11) is 1.65. The van der Waals surface area contributed by atoms with Crippen molar-refractivity contribution < 1.29 is 14.2 Å². The number of ether oxygens (including phenoxy) is 3. The van der Waals surface area contributed by atoms with Gasteiger partial charge in [0.15, 0.2) is 0 Å². The predicted molar refractivity (Wildman–Crippen MR) is 118 cm³/mol. The molecule has 5 nitrogen and oxygen atoms in total. The highest BCUT2D eigenvalue weighted by Crippen LogP contribution is 2.30. The Morgan fingerprint density at radius 3 is 2.50 bits per heavy atom. The summed E-state index contributed by atoms with van der Waals surface area (Å²) in [5.74, 6) is 1.61. The average molecular weight is 405 g/mol. The number of hydrogen-bond acceptors (Lipinski definition) is 5. The Bertz CT molecular complexity index is 991. The van der Waals surface area contributed by atoms with Gasteiger partial charge in [-0.15, -0.1) is 0 Å². The highest BCUT2D eigenvalue weighted by molar-refractivity contribution is 5.90. The molecule has 0 spiro atoms. The Kier molecular flexibility index (Phi) is 5.56. The van der Waals surface area contributed by atoms with E-state index in [0.717, 1.165) is 49.1 Å². The van der Waals surface area contributed by atoms with Crippen LogP contribution >= 0.6 is 0 Å². The smallest absolute Gasteiger partial charge is 0.221 e. The molecule has 0 bridgehead atoms. The third-order valence-corrected chi connectivity index (χ3v) is 6.20. The van der Waals surface area contributed by atoms with Crippen LogP contribution in [0.5, 0.6) is 11.6 Å². The summed E-state index contributed by atoms with van der Waals surface area (Å²) >= 11 is 0. The van der Waals surface area contributed by atoms with E-state index in [-0.39, 0.29) is 6.10 Å². The molecule has 0 amide bonds. The van der Waals surface area contributed by atoms with Gasteiger partial charge < -0.3 is 14.2 Å². The maximum absolute atomic E-state index is 6.27. The van der Waals surface area contributed by atoms with E-state index in [0.29, 0.717) is 12.1 Å². The maximum Gasteiger partial charge on any atom is 0.221 e. The Morgan fingerprint density at radius 2 is 1.77 bits per heavy atom. The quantitative estimate of drug-likeness (QED) is 0.606. The molecular weight excluding hydrogens is 376 g/mol. The van der Waals surface area contributed by atoms with Gasteiger partial charge in [0.1, 0.15) is 18.1 Å². The number of fused-ring (bicyclic) bond motifs is 1. The Labute approximate surface area is 177 Å². The second kappa shape index (κ2) is 8.62. The van der Waals surface area contributed by atoms with E-state index in [2.05, 4.69) is 52.3 Å². The number of aromatic nitrogens is 1. The summed E-state index contributed by atoms with van der Waals surface area (Å²) in [5, 5.41) is 2.15. The highest BCUT2D eigenvalue weighted by Gasteiger charge is 2.28. The first-order valence-electron chi connectivity index (χ1n) is 10.9. The van der Waals surface area contributed by atoms with Crippen LogP contribution in [0.4, 0.5) is 0 Å². The molecule has 5 rings (SSSR count). The minimum atomic E-state index is 0.286. The van der Waals surface area contributed by atoms with Crippen LogP contribution in [0.2, 0.25) is 0 Å². The van der Waals surface area contributed by atoms with E-state index >= 15 is 0 Å². The van der Waals surface area contributed by atoms with Crippen LogP contribution in [0.3, 0.4) is 0 Å². The standard InChI is InChI=1S/C25H28N2O3/c1-28-25-23-9-6-19(17-20(23)10-13-26-25)18-4-7-21(8-5-18)30-22-11-14-27(15-12-22)24-3-2-16-29-24/h4-10,13,17,22,24H,2-3,11-12,14-16H2,1H3/t24-/m1/s1. The van der Waals surface area contributed by atoms with E-state index in [9.17, 15) is 0 Å². The van der Waals surface area contributed by atoms with Gasteiger partial charge in [0.25, 0.3) is 0 Å². The summed E-state index contributed by atoms with van der Waals surface area (Å²) in [6.45, 7) is 3.03. The van der Waals surface area contributed by atoms with Crippen LogP contribution in [0.25, 0.3) is 21.9 Å². The molecule has 5 heteroatoms. The van der Waals surface area contributed by atoms with Gasteiger partial charge in [-0.05, 0) is 72.5 Å². The van der Waals surface area contributed by atoms with Crippen molar-refractivity contribution in [3.05, 3.63) is 54.7 Å². The van der Waals surface area contributed by atoms with E-state index in [1.807, 2.05) is 6.07 Å². The fourth-order valence-corrected chi connectivity index (χ4v) is 4.54. The van der Waals surface area contributed by atoms with E-state index in [1.165, 1.54) is 24.0 Å². The molecule has 2 saturated heterocycles. The van der Waals surface area contributed by atoms with Gasteiger partial charge in [0, 0.05) is 31.3 Å². The molecule has 0 radical (unpaired) electrons. The summed E-state index contributed by atoms with van der Waals surface area (Å²) in [5.41, 5.74) is 2.35. The number of hydrogen-bond donors (Lipinski definition) is 0. The van der Waals surface area contributed by atoms with Crippen molar-refractivity contribution in [2.75, 3.05) is 26.8 Å². The van der Waals surface area contributed by atoms with Crippen molar-refractivity contribution in [1.29, 1.82) is 0 Å². The van der Waals surface area contributed by atoms with Gasteiger partial charge >= 0.3 is 0 Å². The zero-order valence-electron chi connectivity index (χ0n) is 17.4. The van der Waals surface area contributed by atoms with E-state index in [4.69, 9.17) is 14.2 Å². The number of benzene rings is 2. The third-order valence-electron chi connectivity index (χ3n) is 6.20. The zero-order chi connectivity index (χ0) is 20.3. The molecule has 3 heterocycles. The molecule has 0 N–H and O–H groups in total. The van der Waals surface area contributed by atoms with Crippen LogP contribution in [0.15, 0.2) is 54.7 Å². The van der Waals surface area contributed by atoms with Crippen LogP contribution < -0.4 is 9.47 Å². The molecule has 2 aromatic carbocycles. The van der Waals surface area contributed by atoms with Crippen LogP contribution in [0, 0.1) is 0 Å². The van der Waals surface area contributed by atoms with Gasteiger partial charge in [0.05, 0.1) is 7.11 Å². The lowest BCUT2D eigenvalue weighted by Crippen LogP contribution is -2.43. The summed E-state index contributed by atoms with van der Waals surface area (Å²) in [6.07, 6.45) is 6.88. The number of methoxy groups -OCH3 is 1. The molecule has 3 aromatic rings. The van der Waals surface area contributed by atoms with Crippen LogP contribution in [0.1, 0.15) is 25.7 Å². The van der Waals surface area contributed by atoms with Gasteiger partial charge in [-0.2, -0.15) is 0 Å². The van der Waals surface area contributed by atoms with Crippen LogP contribution in [-0.2, 0) is 4.74 Å². The maximum atomic E-state index is 6.27. The van der Waals surface area contributed by atoms with Crippen molar-refractivity contribution in [1.82, 2.24) is 9.88 Å². The van der Waals surface area contributed by atoms with E-state index in [1.54, 1.807) is 13.3 Å². The van der Waals surface area contributed by atoms with Crippen molar-refractivity contribution in [3.63, 3.8) is 0 Å². The molecular formula is C25H28N2O3. The van der Waals surface area contributed by atoms with Gasteiger partial charge in [0.2, 0.25) is 5.88 Å². The number of rotatable bonds is 5. The largest absolute Gasteiger partial charge is 0.490 e. The van der Waals surface area contributed by atoms with Gasteiger partial charge in [-0.3, -0.25) is 4.90 Å². The minimum Gasteiger partial charge on any atom is -0.490 e. The first-order valence-corrected chi connectivity index (χ1v) is 10.9. The fraction of sp³-hybridized carbons (Fsp3) is 0.400. The van der Waals surface area contributed by atoms with E-state index < -0.39 is 0 Å². The number of piperidine rings is 1. The number of nitrogens with zero attached hydrogens (tertiary/aromatic N) is 2. The fourth-order valence-electron chi connectivity index (χ4n) is 4.54. The van der Waals surface area contributed by atoms with Crippen molar-refractivity contribution in [2.24, 2.45) is 0 Å². The van der Waals surface area contributed by atoms with Crippen molar-refractivity contribution in [3.8, 4) is 22.8 Å². The summed E-state index contributed by atoms with van der Waals surface area (Å²) in [6, 6.07) is 16.8. The summed E-state index contributed by atoms with van der Waals surface area (Å²) < 4.78 is 17.4. The first kappa shape index (κ1) is 19.3. The predicted octanol–water partition coefficient (Wildman–Crippen LogP) is 4.89. The molecule has 0 unspecified atom stereocenters. The normalized spacial score (nSPS) is 20.5. The summed E-state index contributed by atoms with van der Waals surface area (Å²) in [4.78, 5) is 6.75. The number of pyridine rings is 1. The molecule has 2 aliphatic rings. The molecule has 1 atom stereocenters. The van der Waals surface area contributed by atoms with Gasteiger partial charge in [-0.25, -0.2) is 4.98 Å². The average Bonchev–Trinajstić information content (AvgIpc) is 3.34. The lowest BCUT2D eigenvalue weighted by molar-refractivity contribution is -0.0441. The van der Waals surface area contributed by atoms with Gasteiger partial charge in [-0.1, -0.05) is 18.2 Å². The molecule has 30 heavy (non-hydrogen) atoms. The highest BCUT2D eigenvalue weighted by atomic mass is 16.5. The molecule has 2 aliphatic heterocycles. The molecule has 0 saturated carbocycles. The Hall–Kier alpha value is -2.63. The lowest BCUT2D eigenvalue weighted by atomic mass is 10.0. The second-order valence-electron chi connectivity index (χ2n) is 8.10. The monoisotopic (exact) mass is 404 g/mol.